The molecule has 3 rings (SSSR count). The summed E-state index contributed by atoms with van der Waals surface area (Å²) in [5.74, 6) is 1.31. The summed E-state index contributed by atoms with van der Waals surface area (Å²) < 4.78 is 6.28. The Morgan fingerprint density at radius 3 is 2.70 bits per heavy atom. The highest BCUT2D eigenvalue weighted by Gasteiger charge is 2.30. The third-order valence-corrected chi connectivity index (χ3v) is 4.38. The van der Waals surface area contributed by atoms with E-state index in [1.54, 1.807) is 0 Å². The van der Waals surface area contributed by atoms with Crippen molar-refractivity contribution < 1.29 is 9.53 Å². The molecule has 1 aromatic rings. The molecule has 3 heterocycles. The third-order valence-electron chi connectivity index (χ3n) is 3.91. The van der Waals surface area contributed by atoms with Crippen LogP contribution in [-0.2, 0) is 9.53 Å². The maximum absolute atomic E-state index is 12.3. The fraction of sp³-hybridized carbons (Fsp3) is 0.571. The minimum atomic E-state index is 0.0763. The number of aromatic nitrogens is 1. The van der Waals surface area contributed by atoms with Crippen LogP contribution in [0, 0.1) is 5.92 Å². The number of pyridine rings is 1. The molecule has 0 saturated carbocycles. The summed E-state index contributed by atoms with van der Waals surface area (Å²) in [5.41, 5.74) is 0. The SMILES string of the molecule is O=C([C@@H]1CCOC1)N1CCN(c2ccc(Br)cn2)CC1. The zero-order valence-electron chi connectivity index (χ0n) is 11.3. The molecule has 0 unspecified atom stereocenters. The number of carbonyl (C=O) groups is 1. The average molecular weight is 340 g/mol. The first-order valence-corrected chi connectivity index (χ1v) is 7.76. The Morgan fingerprint density at radius 2 is 2.10 bits per heavy atom. The molecule has 0 spiro atoms. The predicted molar refractivity (Wildman–Crippen MR) is 79.7 cm³/mol. The highest BCUT2D eigenvalue weighted by molar-refractivity contribution is 9.10. The number of carbonyl (C=O) groups excluding carboxylic acids is 1. The predicted octanol–water partition coefficient (Wildman–Crippen LogP) is 1.53. The van der Waals surface area contributed by atoms with Crippen LogP contribution in [0.15, 0.2) is 22.8 Å². The van der Waals surface area contributed by atoms with Crippen LogP contribution in [0.4, 0.5) is 5.82 Å². The summed E-state index contributed by atoms with van der Waals surface area (Å²) >= 11 is 3.39. The van der Waals surface area contributed by atoms with Crippen LogP contribution in [-0.4, -0.2) is 55.2 Å². The Labute approximate surface area is 127 Å². The number of anilines is 1. The molecule has 0 aliphatic carbocycles. The standard InChI is InChI=1S/C14H18BrN3O2/c15-12-1-2-13(16-9-12)17-4-6-18(7-5-17)14(19)11-3-8-20-10-11/h1-2,9,11H,3-8,10H2/t11-/m1/s1. The maximum atomic E-state index is 12.3. The van der Waals surface area contributed by atoms with Gasteiger partial charge < -0.3 is 14.5 Å². The Morgan fingerprint density at radius 1 is 1.30 bits per heavy atom. The van der Waals surface area contributed by atoms with Crippen LogP contribution in [0.5, 0.6) is 0 Å². The summed E-state index contributed by atoms with van der Waals surface area (Å²) in [5, 5.41) is 0. The molecule has 20 heavy (non-hydrogen) atoms. The zero-order chi connectivity index (χ0) is 13.9. The average Bonchev–Trinajstić information content (AvgIpc) is 3.02. The molecule has 2 aliphatic rings. The molecule has 1 amide bonds. The number of hydrogen-bond acceptors (Lipinski definition) is 4. The Kier molecular flexibility index (Phi) is 4.21. The fourth-order valence-electron chi connectivity index (χ4n) is 2.70. The number of nitrogens with zero attached hydrogens (tertiary/aromatic N) is 3. The first-order chi connectivity index (χ1) is 9.74. The van der Waals surface area contributed by atoms with Gasteiger partial charge in [-0.3, -0.25) is 4.79 Å². The van der Waals surface area contributed by atoms with Gasteiger partial charge in [0.2, 0.25) is 5.91 Å². The van der Waals surface area contributed by atoms with E-state index < -0.39 is 0 Å². The van der Waals surface area contributed by atoms with Gasteiger partial charge in [0, 0.05) is 43.5 Å². The maximum Gasteiger partial charge on any atom is 0.228 e. The first kappa shape index (κ1) is 13.8. The number of rotatable bonds is 2. The van der Waals surface area contributed by atoms with Crippen LogP contribution in [0.3, 0.4) is 0 Å². The minimum Gasteiger partial charge on any atom is -0.381 e. The second kappa shape index (κ2) is 6.10. The van der Waals surface area contributed by atoms with Gasteiger partial charge in [0.05, 0.1) is 12.5 Å². The van der Waals surface area contributed by atoms with Crippen molar-refractivity contribution in [2.24, 2.45) is 5.92 Å². The lowest BCUT2D eigenvalue weighted by molar-refractivity contribution is -0.135. The fourth-order valence-corrected chi connectivity index (χ4v) is 2.93. The smallest absolute Gasteiger partial charge is 0.228 e. The Bertz CT molecular complexity index is 466. The zero-order valence-corrected chi connectivity index (χ0v) is 12.9. The van der Waals surface area contributed by atoms with E-state index in [1.165, 1.54) is 0 Å². The van der Waals surface area contributed by atoms with Crippen molar-refractivity contribution in [2.45, 2.75) is 6.42 Å². The van der Waals surface area contributed by atoms with Gasteiger partial charge in [-0.25, -0.2) is 4.98 Å². The van der Waals surface area contributed by atoms with Crippen molar-refractivity contribution >= 4 is 27.7 Å². The van der Waals surface area contributed by atoms with E-state index in [-0.39, 0.29) is 11.8 Å². The van der Waals surface area contributed by atoms with E-state index in [0.717, 1.165) is 49.5 Å². The Hall–Kier alpha value is -1.14. The highest BCUT2D eigenvalue weighted by atomic mass is 79.9. The topological polar surface area (TPSA) is 45.7 Å². The number of amides is 1. The molecule has 1 aromatic heterocycles. The summed E-state index contributed by atoms with van der Waals surface area (Å²) in [7, 11) is 0. The third kappa shape index (κ3) is 2.96. The van der Waals surface area contributed by atoms with Crippen LogP contribution in [0.1, 0.15) is 6.42 Å². The van der Waals surface area contributed by atoms with Crippen LogP contribution in [0.25, 0.3) is 0 Å². The molecule has 2 aliphatic heterocycles. The van der Waals surface area contributed by atoms with Crippen LogP contribution >= 0.6 is 15.9 Å². The molecule has 0 N–H and O–H groups in total. The summed E-state index contributed by atoms with van der Waals surface area (Å²) in [6.45, 7) is 4.54. The molecular formula is C14H18BrN3O2. The summed E-state index contributed by atoms with van der Waals surface area (Å²) in [6, 6.07) is 4.00. The Balaban J connectivity index is 1.56. The number of hydrogen-bond donors (Lipinski definition) is 0. The molecule has 108 valence electrons. The van der Waals surface area contributed by atoms with E-state index in [4.69, 9.17) is 4.74 Å². The van der Waals surface area contributed by atoms with E-state index in [1.807, 2.05) is 23.2 Å². The monoisotopic (exact) mass is 339 g/mol. The second-order valence-electron chi connectivity index (χ2n) is 5.21. The largest absolute Gasteiger partial charge is 0.381 e. The van der Waals surface area contributed by atoms with Gasteiger partial charge >= 0.3 is 0 Å². The lowest BCUT2D eigenvalue weighted by Crippen LogP contribution is -2.50. The number of halogens is 1. The van der Waals surface area contributed by atoms with E-state index in [0.29, 0.717) is 6.61 Å². The molecule has 0 aromatic carbocycles. The molecule has 2 saturated heterocycles. The van der Waals surface area contributed by atoms with Crippen molar-refractivity contribution in [1.29, 1.82) is 0 Å². The van der Waals surface area contributed by atoms with Gasteiger partial charge in [-0.15, -0.1) is 0 Å². The molecule has 2 fully saturated rings. The normalized spacial score (nSPS) is 23.1. The molecule has 0 radical (unpaired) electrons. The number of ether oxygens (including phenoxy) is 1. The van der Waals surface area contributed by atoms with E-state index in [9.17, 15) is 4.79 Å². The molecule has 5 nitrogen and oxygen atoms in total. The summed E-state index contributed by atoms with van der Waals surface area (Å²) in [4.78, 5) is 20.9. The molecule has 1 atom stereocenters. The van der Waals surface area contributed by atoms with Crippen molar-refractivity contribution in [3.8, 4) is 0 Å². The van der Waals surface area contributed by atoms with Gasteiger partial charge in [0.25, 0.3) is 0 Å². The minimum absolute atomic E-state index is 0.0763. The van der Waals surface area contributed by atoms with Gasteiger partial charge in [-0.05, 0) is 34.5 Å². The van der Waals surface area contributed by atoms with Gasteiger partial charge in [-0.2, -0.15) is 0 Å². The van der Waals surface area contributed by atoms with Gasteiger partial charge in [-0.1, -0.05) is 0 Å². The quantitative estimate of drug-likeness (QED) is 0.819. The molecular weight excluding hydrogens is 322 g/mol. The second-order valence-corrected chi connectivity index (χ2v) is 6.12. The van der Waals surface area contributed by atoms with E-state index in [2.05, 4.69) is 25.8 Å². The van der Waals surface area contributed by atoms with Crippen molar-refractivity contribution in [3.63, 3.8) is 0 Å². The summed E-state index contributed by atoms with van der Waals surface area (Å²) in [6.07, 6.45) is 2.68. The van der Waals surface area contributed by atoms with E-state index >= 15 is 0 Å². The van der Waals surface area contributed by atoms with Crippen molar-refractivity contribution in [1.82, 2.24) is 9.88 Å². The number of piperazine rings is 1. The highest BCUT2D eigenvalue weighted by Crippen LogP contribution is 2.19. The van der Waals surface area contributed by atoms with Crippen molar-refractivity contribution in [2.75, 3.05) is 44.3 Å². The first-order valence-electron chi connectivity index (χ1n) is 6.97. The lowest BCUT2D eigenvalue weighted by Gasteiger charge is -2.36. The van der Waals surface area contributed by atoms with Crippen LogP contribution in [0.2, 0.25) is 0 Å². The van der Waals surface area contributed by atoms with Gasteiger partial charge in [0.15, 0.2) is 0 Å². The molecule has 6 heteroatoms. The van der Waals surface area contributed by atoms with Gasteiger partial charge in [0.1, 0.15) is 5.82 Å². The lowest BCUT2D eigenvalue weighted by atomic mass is 10.1. The van der Waals surface area contributed by atoms with Crippen LogP contribution < -0.4 is 4.90 Å². The molecule has 0 bridgehead atoms. The van der Waals surface area contributed by atoms with Crippen molar-refractivity contribution in [3.05, 3.63) is 22.8 Å².